The summed E-state index contributed by atoms with van der Waals surface area (Å²) >= 11 is 0. The summed E-state index contributed by atoms with van der Waals surface area (Å²) in [5.74, 6) is -0.170. The Hall–Kier alpha value is -1.28. The number of nitrogens with zero attached hydrogens (tertiary/aromatic N) is 1. The highest BCUT2D eigenvalue weighted by atomic mass is 31.2. The van der Waals surface area contributed by atoms with Gasteiger partial charge in [-0.1, -0.05) is 371 Å². The van der Waals surface area contributed by atoms with Gasteiger partial charge in [-0.2, -0.15) is 0 Å². The molecule has 0 aromatic rings. The van der Waals surface area contributed by atoms with Gasteiger partial charge in [0.2, 0.25) is 5.91 Å². The number of hydrogen-bond donors (Lipinski definition) is 3. The van der Waals surface area contributed by atoms with E-state index in [0.717, 1.165) is 38.5 Å². The number of phosphoric acid groups is 1. The Balaban J connectivity index is 3.96. The number of rotatable bonds is 71. The molecule has 0 aromatic heterocycles. The predicted octanol–water partition coefficient (Wildman–Crippen LogP) is 24.4. The molecule has 0 aromatic carbocycles. The molecule has 1 amide bonds. The van der Waals surface area contributed by atoms with Crippen LogP contribution < -0.4 is 5.32 Å². The highest BCUT2D eigenvalue weighted by Gasteiger charge is 2.28. The van der Waals surface area contributed by atoms with Gasteiger partial charge in [-0.3, -0.25) is 13.8 Å². The molecule has 3 atom stereocenters. The highest BCUT2D eigenvalue weighted by molar-refractivity contribution is 7.47. The summed E-state index contributed by atoms with van der Waals surface area (Å²) in [5.41, 5.74) is 0. The maximum Gasteiger partial charge on any atom is 0.472 e. The zero-order chi connectivity index (χ0) is 61.9. The summed E-state index contributed by atoms with van der Waals surface area (Å²) in [5, 5.41) is 14.0. The van der Waals surface area contributed by atoms with E-state index in [-0.39, 0.29) is 19.1 Å². The third-order valence-corrected chi connectivity index (χ3v) is 18.6. The maximum atomic E-state index is 13.1. The molecule has 0 aliphatic rings. The molecule has 0 heterocycles. The average molecular weight is 1220 g/mol. The van der Waals surface area contributed by atoms with E-state index in [0.29, 0.717) is 17.4 Å². The van der Waals surface area contributed by atoms with Crippen LogP contribution in [-0.4, -0.2) is 73.4 Å². The van der Waals surface area contributed by atoms with Crippen molar-refractivity contribution < 1.29 is 32.9 Å². The fraction of sp³-hybridized carbons (Fsp3) is 0.908. The van der Waals surface area contributed by atoms with E-state index in [2.05, 4.69) is 43.5 Å². The van der Waals surface area contributed by atoms with Gasteiger partial charge in [-0.15, -0.1) is 0 Å². The van der Waals surface area contributed by atoms with E-state index in [4.69, 9.17) is 9.05 Å². The predicted molar refractivity (Wildman–Crippen MR) is 374 cm³/mol. The van der Waals surface area contributed by atoms with Crippen molar-refractivity contribution in [3.8, 4) is 0 Å². The largest absolute Gasteiger partial charge is 0.472 e. The van der Waals surface area contributed by atoms with Gasteiger partial charge in [0.25, 0.3) is 0 Å². The molecule has 504 valence electrons. The number of carbonyl (C=O) groups excluding carboxylic acids is 1. The van der Waals surface area contributed by atoms with Crippen molar-refractivity contribution in [2.45, 2.75) is 405 Å². The molecule has 0 radical (unpaired) electrons. The molecule has 3 unspecified atom stereocenters. The van der Waals surface area contributed by atoms with Crippen molar-refractivity contribution in [2.75, 3.05) is 40.9 Å². The third kappa shape index (κ3) is 70.0. The first-order valence-electron chi connectivity index (χ1n) is 37.9. The van der Waals surface area contributed by atoms with Gasteiger partial charge in [-0.25, -0.2) is 4.57 Å². The smallest absolute Gasteiger partial charge is 0.387 e. The molecule has 3 N–H and O–H groups in total. The second-order valence-corrected chi connectivity index (χ2v) is 28.8. The first-order chi connectivity index (χ1) is 41.5. The molecule has 0 saturated carbocycles. The topological polar surface area (TPSA) is 105 Å². The highest BCUT2D eigenvalue weighted by Crippen LogP contribution is 2.43. The lowest BCUT2D eigenvalue weighted by atomic mass is 10.0. The monoisotopic (exact) mass is 1220 g/mol. The lowest BCUT2D eigenvalue weighted by Crippen LogP contribution is -2.45. The number of quaternary nitrogens is 1. The summed E-state index contributed by atoms with van der Waals surface area (Å²) in [6.07, 6.45) is 90.4. The Kier molecular flexibility index (Phi) is 66.1. The number of likely N-dealkylation sites (N-methyl/N-ethyl adjacent to an activating group) is 1. The standard InChI is InChI=1S/C76H149N2O6P/c1-6-8-10-12-14-16-18-20-22-24-26-28-30-32-33-34-35-36-37-38-39-40-41-42-43-44-45-46-48-50-52-54-56-58-60-62-64-66-68-70-76(80)77-74(73-84-85(81,82)83-72-71-78(3,4)5)75(79)69-67-65-63-61-59-57-55-53-51-49-47-31-29-27-25-23-21-19-17-15-13-11-9-7-2/h35-36,38-39,67,69,74-75,79H,6-34,37,40-66,68,70-73H2,1-5H3,(H-,77,80,81,82)/p+1/b36-35-,39-38-,69-67+. The molecule has 0 bridgehead atoms. The molecule has 0 aliphatic carbocycles. The number of aliphatic hydroxyl groups is 1. The molecule has 0 spiro atoms. The fourth-order valence-electron chi connectivity index (χ4n) is 11.7. The summed E-state index contributed by atoms with van der Waals surface area (Å²) < 4.78 is 23.8. The molecule has 0 rings (SSSR count). The van der Waals surface area contributed by atoms with Gasteiger partial charge in [-0.05, 0) is 51.4 Å². The van der Waals surface area contributed by atoms with E-state index in [9.17, 15) is 19.4 Å². The van der Waals surface area contributed by atoms with Gasteiger partial charge >= 0.3 is 7.82 Å². The maximum absolute atomic E-state index is 13.1. The van der Waals surface area contributed by atoms with Crippen LogP contribution >= 0.6 is 7.82 Å². The van der Waals surface area contributed by atoms with Crippen molar-refractivity contribution in [3.05, 3.63) is 36.5 Å². The van der Waals surface area contributed by atoms with Crippen molar-refractivity contribution in [3.63, 3.8) is 0 Å². The normalized spacial score (nSPS) is 13.7. The van der Waals surface area contributed by atoms with Gasteiger partial charge in [0, 0.05) is 6.42 Å². The second-order valence-electron chi connectivity index (χ2n) is 27.4. The zero-order valence-corrected chi connectivity index (χ0v) is 58.8. The van der Waals surface area contributed by atoms with Crippen molar-refractivity contribution in [1.82, 2.24) is 5.32 Å². The van der Waals surface area contributed by atoms with Gasteiger partial charge in [0.15, 0.2) is 0 Å². The number of carbonyl (C=O) groups is 1. The van der Waals surface area contributed by atoms with E-state index in [1.165, 1.54) is 334 Å². The SMILES string of the molecule is CCCCCCCCCCCCCCCCC/C=C\C/C=C\CCCCCCCCCCCCCCCCCCCC(=O)NC(COP(=O)(O)OCC[N+](C)(C)C)C(O)/C=C/CCCCCCCCCCCCCCCCCCCCCCCC. The number of nitrogens with one attached hydrogen (secondary N) is 1. The number of aliphatic hydroxyl groups excluding tert-OH is 1. The Morgan fingerprint density at radius 3 is 0.965 bits per heavy atom. The summed E-state index contributed by atoms with van der Waals surface area (Å²) in [6, 6.07) is -0.847. The summed E-state index contributed by atoms with van der Waals surface area (Å²) in [7, 11) is 1.59. The number of hydrogen-bond acceptors (Lipinski definition) is 5. The van der Waals surface area contributed by atoms with Crippen molar-refractivity contribution >= 4 is 13.7 Å². The van der Waals surface area contributed by atoms with Gasteiger partial charge < -0.3 is 19.8 Å². The Morgan fingerprint density at radius 2 is 0.671 bits per heavy atom. The van der Waals surface area contributed by atoms with Gasteiger partial charge in [0.1, 0.15) is 13.2 Å². The lowest BCUT2D eigenvalue weighted by molar-refractivity contribution is -0.870. The summed E-state index contributed by atoms with van der Waals surface area (Å²) in [4.78, 5) is 23.4. The van der Waals surface area contributed by atoms with E-state index in [1.54, 1.807) is 6.08 Å². The minimum Gasteiger partial charge on any atom is -0.387 e. The molecular weight excluding hydrogens is 1070 g/mol. The van der Waals surface area contributed by atoms with E-state index in [1.807, 2.05) is 27.2 Å². The van der Waals surface area contributed by atoms with E-state index < -0.39 is 20.0 Å². The first-order valence-corrected chi connectivity index (χ1v) is 39.4. The molecule has 0 fully saturated rings. The minimum absolute atomic E-state index is 0.0633. The van der Waals surface area contributed by atoms with Crippen molar-refractivity contribution in [1.29, 1.82) is 0 Å². The van der Waals surface area contributed by atoms with Gasteiger partial charge in [0.05, 0.1) is 39.9 Å². The molecule has 0 aliphatic heterocycles. The van der Waals surface area contributed by atoms with Crippen LogP contribution in [0, 0.1) is 0 Å². The molecule has 9 heteroatoms. The average Bonchev–Trinajstić information content (AvgIpc) is 3.49. The van der Waals surface area contributed by atoms with Crippen LogP contribution in [0.15, 0.2) is 36.5 Å². The Morgan fingerprint density at radius 1 is 0.400 bits per heavy atom. The van der Waals surface area contributed by atoms with Crippen LogP contribution in [0.4, 0.5) is 0 Å². The molecule has 85 heavy (non-hydrogen) atoms. The van der Waals surface area contributed by atoms with Crippen LogP contribution in [0.2, 0.25) is 0 Å². The van der Waals surface area contributed by atoms with Crippen LogP contribution in [0.5, 0.6) is 0 Å². The molecule has 8 nitrogen and oxygen atoms in total. The second kappa shape index (κ2) is 67.1. The molecular formula is C76H150N2O6P+. The molecule has 0 saturated heterocycles. The van der Waals surface area contributed by atoms with Crippen LogP contribution in [0.1, 0.15) is 393 Å². The quantitative estimate of drug-likeness (QED) is 0.0243. The number of phosphoric ester groups is 1. The minimum atomic E-state index is -4.35. The van der Waals surface area contributed by atoms with Crippen LogP contribution in [-0.2, 0) is 18.4 Å². The zero-order valence-electron chi connectivity index (χ0n) is 57.9. The fourth-order valence-corrected chi connectivity index (χ4v) is 12.5. The Labute approximate surface area is 531 Å². The van der Waals surface area contributed by atoms with Crippen molar-refractivity contribution in [2.24, 2.45) is 0 Å². The van der Waals surface area contributed by atoms with Crippen LogP contribution in [0.25, 0.3) is 0 Å². The first kappa shape index (κ1) is 83.7. The summed E-state index contributed by atoms with van der Waals surface area (Å²) in [6.45, 7) is 4.88. The lowest BCUT2D eigenvalue weighted by Gasteiger charge is -2.25. The van der Waals surface area contributed by atoms with Crippen LogP contribution in [0.3, 0.4) is 0 Å². The number of allylic oxidation sites excluding steroid dienone is 5. The number of amides is 1. The third-order valence-electron chi connectivity index (χ3n) is 17.6. The number of unbranched alkanes of at least 4 members (excludes halogenated alkanes) is 54. The Bertz CT molecular complexity index is 1480. The van der Waals surface area contributed by atoms with E-state index >= 15 is 0 Å².